The van der Waals surface area contributed by atoms with Gasteiger partial charge in [-0.15, -0.1) is 0 Å². The van der Waals surface area contributed by atoms with E-state index in [1.807, 2.05) is 0 Å². The molecule has 2 rings (SSSR count). The van der Waals surface area contributed by atoms with E-state index in [0.29, 0.717) is 11.1 Å². The Morgan fingerprint density at radius 3 is 2.26 bits per heavy atom. The van der Waals surface area contributed by atoms with Crippen LogP contribution in [-0.4, -0.2) is 48.4 Å². The molecule has 0 aliphatic rings. The molecular weight excluding hydrogens is 277 g/mol. The fraction of sp³-hybridized carbons (Fsp3) is 0.0833. The first kappa shape index (κ1) is 16.1. The van der Waals surface area contributed by atoms with Gasteiger partial charge in [0.1, 0.15) is 0 Å². The molecule has 0 radical (unpaired) electrons. The third kappa shape index (κ3) is 4.02. The minimum atomic E-state index is -4.19. The first-order valence-electron chi connectivity index (χ1n) is 5.15. The topological polar surface area (TPSA) is 83.5 Å². The molecule has 0 unspecified atom stereocenters. The number of carbonyl (C=O) groups excluding carboxylic acids is 1. The van der Waals surface area contributed by atoms with Crippen LogP contribution in [0.25, 0.3) is 10.8 Å². The summed E-state index contributed by atoms with van der Waals surface area (Å²) in [4.78, 5) is 10.8. The van der Waals surface area contributed by atoms with Crippen molar-refractivity contribution in [2.24, 2.45) is 0 Å². The Morgan fingerprint density at radius 2 is 1.68 bits per heavy atom. The Kier molecular flexibility index (Phi) is 5.11. The van der Waals surface area contributed by atoms with Crippen LogP contribution in [0.2, 0.25) is 0 Å². The Labute approximate surface area is 133 Å². The van der Waals surface area contributed by atoms with Crippen LogP contribution in [0.5, 0.6) is 0 Å². The molecule has 96 valence electrons. The van der Waals surface area contributed by atoms with E-state index in [1.165, 1.54) is 19.1 Å². The first-order valence-corrected chi connectivity index (χ1v) is 6.59. The zero-order chi connectivity index (χ0) is 13.3. The average Bonchev–Trinajstić information content (AvgIpc) is 2.26. The summed E-state index contributed by atoms with van der Waals surface area (Å²) in [6.45, 7) is 1.41. The summed E-state index contributed by atoms with van der Waals surface area (Å²) in [7, 11) is -4.19. The number of amides is 1. The van der Waals surface area contributed by atoms with Gasteiger partial charge >= 0.3 is 29.6 Å². The van der Waals surface area contributed by atoms with Gasteiger partial charge in [-0.2, -0.15) is 8.42 Å². The number of rotatable bonds is 2. The summed E-state index contributed by atoms with van der Waals surface area (Å²) in [6, 6.07) is 9.33. The van der Waals surface area contributed by atoms with Crippen molar-refractivity contribution < 1.29 is 17.8 Å². The van der Waals surface area contributed by atoms with E-state index in [9.17, 15) is 13.2 Å². The van der Waals surface area contributed by atoms with Crippen LogP contribution in [0.15, 0.2) is 41.3 Å². The van der Waals surface area contributed by atoms with Gasteiger partial charge in [-0.25, -0.2) is 0 Å². The number of anilines is 1. The predicted octanol–water partition coefficient (Wildman–Crippen LogP) is 1.40. The van der Waals surface area contributed by atoms with Crippen molar-refractivity contribution >= 4 is 62.0 Å². The third-order valence-corrected chi connectivity index (χ3v) is 3.28. The Balaban J connectivity index is 0.00000180. The molecule has 1 amide bonds. The number of nitrogens with one attached hydrogen (secondary N) is 1. The molecule has 0 saturated carbocycles. The van der Waals surface area contributed by atoms with E-state index < -0.39 is 10.1 Å². The molecule has 2 N–H and O–H groups in total. The van der Waals surface area contributed by atoms with Gasteiger partial charge in [0.15, 0.2) is 0 Å². The zero-order valence-corrected chi connectivity index (χ0v) is 10.4. The Hall–Kier alpha value is -0.920. The van der Waals surface area contributed by atoms with E-state index in [2.05, 4.69) is 5.32 Å². The first-order chi connectivity index (χ1) is 8.36. The molecule has 0 fully saturated rings. The quantitative estimate of drug-likeness (QED) is 0.646. The molecule has 0 aliphatic heterocycles. The van der Waals surface area contributed by atoms with E-state index in [4.69, 9.17) is 4.55 Å². The normalized spacial score (nSPS) is 10.8. The number of fused-ring (bicyclic) bond motifs is 1. The van der Waals surface area contributed by atoms with Crippen LogP contribution in [0.3, 0.4) is 0 Å². The number of carbonyl (C=O) groups is 1. The van der Waals surface area contributed by atoms with Crippen molar-refractivity contribution in [1.82, 2.24) is 0 Å². The van der Waals surface area contributed by atoms with Crippen molar-refractivity contribution in [3.05, 3.63) is 36.4 Å². The number of hydrogen-bond acceptors (Lipinski definition) is 3. The average molecular weight is 289 g/mol. The minimum absolute atomic E-state index is 0. The second-order valence-electron chi connectivity index (χ2n) is 3.88. The van der Waals surface area contributed by atoms with Crippen LogP contribution in [0.1, 0.15) is 6.92 Å². The van der Waals surface area contributed by atoms with Gasteiger partial charge in [-0.3, -0.25) is 9.35 Å². The molecule has 0 aromatic heterocycles. The van der Waals surface area contributed by atoms with Crippen LogP contribution in [0, 0.1) is 0 Å². The molecule has 5 nitrogen and oxygen atoms in total. The predicted molar refractivity (Wildman–Crippen MR) is 75.2 cm³/mol. The van der Waals surface area contributed by atoms with Gasteiger partial charge in [0.2, 0.25) is 5.91 Å². The number of hydrogen-bond donors (Lipinski definition) is 2. The van der Waals surface area contributed by atoms with Crippen molar-refractivity contribution in [2.45, 2.75) is 11.8 Å². The summed E-state index contributed by atoms with van der Waals surface area (Å²) in [6.07, 6.45) is 0. The van der Waals surface area contributed by atoms with E-state index in [0.717, 1.165) is 5.39 Å². The summed E-state index contributed by atoms with van der Waals surface area (Å²) in [5.74, 6) is -0.177. The van der Waals surface area contributed by atoms with E-state index in [1.54, 1.807) is 24.3 Å². The molecule has 0 heterocycles. The second kappa shape index (κ2) is 6.02. The van der Waals surface area contributed by atoms with Crippen LogP contribution in [-0.2, 0) is 14.9 Å². The molecule has 19 heavy (non-hydrogen) atoms. The maximum absolute atomic E-state index is 11.0. The van der Waals surface area contributed by atoms with Crippen LogP contribution in [0.4, 0.5) is 5.69 Å². The zero-order valence-electron chi connectivity index (χ0n) is 9.54. The molecule has 0 spiro atoms. The summed E-state index contributed by atoms with van der Waals surface area (Å²) < 4.78 is 30.9. The van der Waals surface area contributed by atoms with Crippen molar-refractivity contribution in [3.8, 4) is 0 Å². The van der Waals surface area contributed by atoms with Crippen LogP contribution >= 0.6 is 0 Å². The van der Waals surface area contributed by atoms with Crippen molar-refractivity contribution in [2.75, 3.05) is 5.32 Å². The maximum atomic E-state index is 11.0. The molecule has 0 bridgehead atoms. The molecule has 7 heteroatoms. The fourth-order valence-electron chi connectivity index (χ4n) is 1.67. The summed E-state index contributed by atoms with van der Waals surface area (Å²) in [5.41, 5.74) is 0.634. The fourth-order valence-corrected chi connectivity index (χ4v) is 2.18. The second-order valence-corrected chi connectivity index (χ2v) is 5.30. The van der Waals surface area contributed by atoms with Crippen molar-refractivity contribution in [3.63, 3.8) is 0 Å². The molecule has 2 aromatic rings. The molecule has 0 atom stereocenters. The van der Waals surface area contributed by atoms with Gasteiger partial charge < -0.3 is 5.32 Å². The molecule has 0 aliphatic carbocycles. The van der Waals surface area contributed by atoms with Gasteiger partial charge in [0.05, 0.1) is 4.90 Å². The number of benzene rings is 2. The third-order valence-electron chi connectivity index (χ3n) is 2.43. The van der Waals surface area contributed by atoms with E-state index >= 15 is 0 Å². The van der Waals surface area contributed by atoms with E-state index in [-0.39, 0.29) is 40.4 Å². The molecule has 2 aromatic carbocycles. The standard InChI is InChI=1S/C12H11NO4S.Na.H/c1-8(14)13-11-4-2-10-7-12(18(15,16)17)5-3-9(10)6-11;;/h2-7H,1H3,(H,13,14)(H,15,16,17);;. The van der Waals surface area contributed by atoms with Gasteiger partial charge in [0.25, 0.3) is 10.1 Å². The summed E-state index contributed by atoms with van der Waals surface area (Å²) in [5, 5.41) is 4.07. The SMILES string of the molecule is CC(=O)Nc1ccc2cc(S(=O)(=O)O)ccc2c1.[NaH]. The molecular formula is C12H12NNaO4S. The van der Waals surface area contributed by atoms with Gasteiger partial charge in [-0.05, 0) is 35.0 Å². The van der Waals surface area contributed by atoms with Gasteiger partial charge in [-0.1, -0.05) is 12.1 Å². The van der Waals surface area contributed by atoms with Gasteiger partial charge in [0, 0.05) is 12.6 Å². The summed E-state index contributed by atoms with van der Waals surface area (Å²) >= 11 is 0. The Morgan fingerprint density at radius 1 is 1.11 bits per heavy atom. The van der Waals surface area contributed by atoms with Crippen LogP contribution < -0.4 is 5.32 Å². The van der Waals surface area contributed by atoms with Crippen molar-refractivity contribution in [1.29, 1.82) is 0 Å². The monoisotopic (exact) mass is 289 g/mol. The molecule has 0 saturated heterocycles. The Bertz CT molecular complexity index is 728.